The molecule has 0 saturated carbocycles. The molecule has 6 nitrogen and oxygen atoms in total. The number of hydrogen-bond acceptors (Lipinski definition) is 5. The number of hydrogen-bond donors (Lipinski definition) is 3. The fraction of sp³-hybridized carbons (Fsp3) is 0.533. The normalized spacial score (nSPS) is 21.4. The summed E-state index contributed by atoms with van der Waals surface area (Å²) in [6.45, 7) is 1.60. The van der Waals surface area contributed by atoms with E-state index < -0.39 is 0 Å². The lowest BCUT2D eigenvalue weighted by molar-refractivity contribution is -0.122. The Bertz CT molecular complexity index is 539. The van der Waals surface area contributed by atoms with Gasteiger partial charge in [0, 0.05) is 25.3 Å². The van der Waals surface area contributed by atoms with Gasteiger partial charge in [0.05, 0.1) is 36.4 Å². The number of benzene rings is 1. The van der Waals surface area contributed by atoms with Crippen LogP contribution in [0.15, 0.2) is 12.1 Å². The summed E-state index contributed by atoms with van der Waals surface area (Å²) in [6, 6.07) is 3.31. The van der Waals surface area contributed by atoms with Crippen molar-refractivity contribution in [3.05, 3.63) is 22.7 Å². The highest BCUT2D eigenvalue weighted by Gasteiger charge is 2.26. The average molecular weight is 328 g/mol. The van der Waals surface area contributed by atoms with Crippen molar-refractivity contribution in [2.24, 2.45) is 0 Å². The number of anilines is 1. The van der Waals surface area contributed by atoms with Crippen molar-refractivity contribution in [3.8, 4) is 5.75 Å². The fourth-order valence-corrected chi connectivity index (χ4v) is 2.80. The summed E-state index contributed by atoms with van der Waals surface area (Å²) in [5.41, 5.74) is 6.89. The lowest BCUT2D eigenvalue weighted by Gasteiger charge is -2.31. The molecule has 22 heavy (non-hydrogen) atoms. The van der Waals surface area contributed by atoms with Gasteiger partial charge in [-0.15, -0.1) is 0 Å². The third-order valence-corrected chi connectivity index (χ3v) is 4.15. The van der Waals surface area contributed by atoms with E-state index in [1.54, 1.807) is 19.2 Å². The quantitative estimate of drug-likeness (QED) is 0.702. The number of amides is 1. The van der Waals surface area contributed by atoms with Crippen LogP contribution in [-0.2, 0) is 16.0 Å². The van der Waals surface area contributed by atoms with Crippen molar-refractivity contribution in [1.29, 1.82) is 0 Å². The number of ether oxygens (including phenoxy) is 2. The zero-order chi connectivity index (χ0) is 16.1. The van der Waals surface area contributed by atoms with Crippen molar-refractivity contribution in [2.75, 3.05) is 33.0 Å². The number of nitrogens with two attached hydrogens (primary N) is 1. The van der Waals surface area contributed by atoms with E-state index in [1.165, 1.54) is 7.11 Å². The maximum atomic E-state index is 12.3. The molecule has 1 heterocycles. The first-order valence-electron chi connectivity index (χ1n) is 7.20. The number of nitrogens with one attached hydrogen (secondary N) is 2. The van der Waals surface area contributed by atoms with Crippen LogP contribution in [0.2, 0.25) is 5.02 Å². The Morgan fingerprint density at radius 2 is 2.27 bits per heavy atom. The van der Waals surface area contributed by atoms with Gasteiger partial charge in [-0.1, -0.05) is 11.6 Å². The summed E-state index contributed by atoms with van der Waals surface area (Å²) in [5, 5.41) is 6.68. The summed E-state index contributed by atoms with van der Waals surface area (Å²) in [5.74, 6) is 0.471. The molecule has 7 heteroatoms. The van der Waals surface area contributed by atoms with Crippen LogP contribution >= 0.6 is 11.6 Å². The summed E-state index contributed by atoms with van der Waals surface area (Å²) in [4.78, 5) is 12.3. The average Bonchev–Trinajstić information content (AvgIpc) is 2.51. The maximum absolute atomic E-state index is 12.3. The minimum atomic E-state index is -0.0897. The van der Waals surface area contributed by atoms with Crippen LogP contribution < -0.4 is 21.1 Å². The van der Waals surface area contributed by atoms with Crippen LogP contribution in [0.4, 0.5) is 5.69 Å². The molecule has 2 rings (SSSR count). The number of piperidine rings is 1. The molecule has 2 atom stereocenters. The van der Waals surface area contributed by atoms with Crippen LogP contribution in [0, 0.1) is 0 Å². The molecule has 4 N–H and O–H groups in total. The highest BCUT2D eigenvalue weighted by atomic mass is 35.5. The number of nitrogen functional groups attached to an aromatic ring is 1. The number of rotatable bonds is 5. The molecule has 0 aromatic heterocycles. The Hall–Kier alpha value is -1.50. The smallest absolute Gasteiger partial charge is 0.224 e. The number of methoxy groups -OCH3 is 2. The largest absolute Gasteiger partial charge is 0.496 e. The molecule has 1 aromatic rings. The molecule has 0 aliphatic carbocycles. The third kappa shape index (κ3) is 4.03. The predicted octanol–water partition coefficient (Wildman–Crippen LogP) is 0.966. The van der Waals surface area contributed by atoms with Crippen LogP contribution in [0.25, 0.3) is 0 Å². The maximum Gasteiger partial charge on any atom is 0.224 e. The molecule has 0 bridgehead atoms. The predicted molar refractivity (Wildman–Crippen MR) is 86.3 cm³/mol. The first kappa shape index (κ1) is 16.9. The van der Waals surface area contributed by atoms with Gasteiger partial charge in [0.25, 0.3) is 0 Å². The van der Waals surface area contributed by atoms with E-state index in [-0.39, 0.29) is 24.5 Å². The van der Waals surface area contributed by atoms with Crippen LogP contribution in [-0.4, -0.2) is 45.4 Å². The van der Waals surface area contributed by atoms with Crippen LogP contribution in [0.3, 0.4) is 0 Å². The van der Waals surface area contributed by atoms with Gasteiger partial charge in [0.15, 0.2) is 0 Å². The van der Waals surface area contributed by atoms with Crippen molar-refractivity contribution in [3.63, 3.8) is 0 Å². The molecule has 1 amide bonds. The molecule has 0 spiro atoms. The highest BCUT2D eigenvalue weighted by Crippen LogP contribution is 2.29. The molecular formula is C15H22ClN3O3. The zero-order valence-corrected chi connectivity index (χ0v) is 13.6. The first-order valence-corrected chi connectivity index (χ1v) is 7.57. The second kappa shape index (κ2) is 7.67. The van der Waals surface area contributed by atoms with Crippen molar-refractivity contribution >= 4 is 23.2 Å². The van der Waals surface area contributed by atoms with Crippen molar-refractivity contribution < 1.29 is 14.3 Å². The summed E-state index contributed by atoms with van der Waals surface area (Å²) in [6.07, 6.45) is 1.00. The minimum Gasteiger partial charge on any atom is -0.496 e. The summed E-state index contributed by atoms with van der Waals surface area (Å²) < 4.78 is 10.7. The summed E-state index contributed by atoms with van der Waals surface area (Å²) >= 11 is 6.02. The Balaban J connectivity index is 2.04. The van der Waals surface area contributed by atoms with E-state index in [9.17, 15) is 4.79 Å². The van der Waals surface area contributed by atoms with Gasteiger partial charge in [0.1, 0.15) is 5.75 Å². The Kier molecular flexibility index (Phi) is 5.88. The van der Waals surface area contributed by atoms with Gasteiger partial charge in [-0.2, -0.15) is 0 Å². The fourth-order valence-electron chi connectivity index (χ4n) is 2.61. The van der Waals surface area contributed by atoms with E-state index in [0.717, 1.165) is 19.5 Å². The number of carbonyl (C=O) groups is 1. The van der Waals surface area contributed by atoms with Gasteiger partial charge in [0.2, 0.25) is 5.91 Å². The Morgan fingerprint density at radius 3 is 2.95 bits per heavy atom. The van der Waals surface area contributed by atoms with Gasteiger partial charge in [-0.05, 0) is 19.0 Å². The minimum absolute atomic E-state index is 0.00833. The first-order chi connectivity index (χ1) is 10.5. The third-order valence-electron chi connectivity index (χ3n) is 3.83. The molecule has 2 unspecified atom stereocenters. The second-order valence-electron chi connectivity index (χ2n) is 5.30. The highest BCUT2D eigenvalue weighted by molar-refractivity contribution is 6.33. The molecule has 1 saturated heterocycles. The Labute approximate surface area is 135 Å². The lowest BCUT2D eigenvalue weighted by Crippen LogP contribution is -2.53. The van der Waals surface area contributed by atoms with E-state index in [4.69, 9.17) is 26.8 Å². The van der Waals surface area contributed by atoms with E-state index in [1.807, 2.05) is 0 Å². The monoisotopic (exact) mass is 327 g/mol. The van der Waals surface area contributed by atoms with E-state index in [0.29, 0.717) is 22.0 Å². The summed E-state index contributed by atoms with van der Waals surface area (Å²) in [7, 11) is 3.19. The SMILES string of the molecule is COc1cc(N)c(Cl)cc1CC(=O)NC1CCNCC1OC. The second-order valence-corrected chi connectivity index (χ2v) is 5.71. The van der Waals surface area contributed by atoms with Gasteiger partial charge in [-0.3, -0.25) is 4.79 Å². The molecule has 1 aliphatic rings. The zero-order valence-electron chi connectivity index (χ0n) is 12.8. The lowest BCUT2D eigenvalue weighted by atomic mass is 10.0. The molecule has 122 valence electrons. The molecule has 1 fully saturated rings. The standard InChI is InChI=1S/C15H22ClN3O3/c1-21-13-7-11(17)10(16)5-9(13)6-15(20)19-12-3-4-18-8-14(12)22-2/h5,7,12,14,18H,3-4,6,8,17H2,1-2H3,(H,19,20). The molecule has 1 aliphatic heterocycles. The number of carbonyl (C=O) groups excluding carboxylic acids is 1. The van der Waals surface area contributed by atoms with Crippen molar-refractivity contribution in [1.82, 2.24) is 10.6 Å². The van der Waals surface area contributed by atoms with E-state index >= 15 is 0 Å². The molecule has 0 radical (unpaired) electrons. The van der Waals surface area contributed by atoms with Crippen LogP contribution in [0.1, 0.15) is 12.0 Å². The molecule has 1 aromatic carbocycles. The Morgan fingerprint density at radius 1 is 1.50 bits per heavy atom. The van der Waals surface area contributed by atoms with Crippen LogP contribution in [0.5, 0.6) is 5.75 Å². The molecular weight excluding hydrogens is 306 g/mol. The van der Waals surface area contributed by atoms with E-state index in [2.05, 4.69) is 10.6 Å². The van der Waals surface area contributed by atoms with Gasteiger partial charge >= 0.3 is 0 Å². The van der Waals surface area contributed by atoms with Crippen molar-refractivity contribution in [2.45, 2.75) is 25.0 Å². The topological polar surface area (TPSA) is 85.6 Å². The number of halogens is 1. The van der Waals surface area contributed by atoms with Gasteiger partial charge < -0.3 is 25.8 Å². The van der Waals surface area contributed by atoms with Gasteiger partial charge in [-0.25, -0.2) is 0 Å².